The third-order valence-corrected chi connectivity index (χ3v) is 2.39. The highest BCUT2D eigenvalue weighted by atomic mass is 16.4. The van der Waals surface area contributed by atoms with Crippen molar-refractivity contribution in [2.75, 3.05) is 19.6 Å². The second kappa shape index (κ2) is 7.77. The van der Waals surface area contributed by atoms with Crippen molar-refractivity contribution in [1.82, 2.24) is 19.8 Å². The lowest BCUT2D eigenvalue weighted by Crippen LogP contribution is -2.46. The predicted octanol–water partition coefficient (Wildman–Crippen LogP) is -1.15. The minimum Gasteiger partial charge on any atom is -0.480 e. The average molecular weight is 283 g/mol. The maximum atomic E-state index is 11.7. The van der Waals surface area contributed by atoms with Crippen LogP contribution in [0.25, 0.3) is 0 Å². The van der Waals surface area contributed by atoms with Crippen LogP contribution in [0.15, 0.2) is 18.7 Å². The van der Waals surface area contributed by atoms with Gasteiger partial charge in [0.15, 0.2) is 0 Å². The quantitative estimate of drug-likeness (QED) is 0.519. The summed E-state index contributed by atoms with van der Waals surface area (Å²) in [5.41, 5.74) is 4.96. The van der Waals surface area contributed by atoms with E-state index in [0.717, 1.165) is 4.90 Å². The first-order chi connectivity index (χ1) is 9.49. The lowest BCUT2D eigenvalue weighted by atomic mass is 10.4. The van der Waals surface area contributed by atoms with E-state index in [1.165, 1.54) is 0 Å². The van der Waals surface area contributed by atoms with Gasteiger partial charge in [-0.3, -0.25) is 9.59 Å². The Balaban J connectivity index is 2.33. The number of carboxylic acid groups (broad SMARTS) is 1. The normalized spacial score (nSPS) is 10.0. The van der Waals surface area contributed by atoms with Gasteiger partial charge in [-0.15, -0.1) is 0 Å². The number of nitrogens with zero attached hydrogens (tertiary/aromatic N) is 3. The van der Waals surface area contributed by atoms with Crippen molar-refractivity contribution < 1.29 is 19.5 Å². The first-order valence-corrected chi connectivity index (χ1v) is 5.97. The molecule has 0 aliphatic carbocycles. The molecule has 1 aromatic heterocycles. The number of nitrogens with one attached hydrogen (secondary N) is 1. The van der Waals surface area contributed by atoms with Gasteiger partial charge in [0.2, 0.25) is 5.91 Å². The van der Waals surface area contributed by atoms with Gasteiger partial charge in [0.05, 0.1) is 6.33 Å². The number of nitrogens with two attached hydrogens (primary N) is 1. The number of imidazole rings is 1. The van der Waals surface area contributed by atoms with Gasteiger partial charge in [-0.05, 0) is 6.42 Å². The molecule has 1 aromatic rings. The number of amides is 3. The van der Waals surface area contributed by atoms with E-state index in [4.69, 9.17) is 10.8 Å². The smallest absolute Gasteiger partial charge is 0.323 e. The van der Waals surface area contributed by atoms with E-state index in [9.17, 15) is 14.4 Å². The standard InChI is InChI=1S/C11H17N5O4/c12-9(17)6-16(7-10(18)19)11(20)14-2-1-4-15-5-3-13-8-15/h3,5,8H,1-2,4,6-7H2,(H2,12,17)(H,14,20)(H,18,19). The molecule has 0 saturated heterocycles. The SMILES string of the molecule is NC(=O)CN(CC(=O)O)C(=O)NCCCn1ccnc1. The van der Waals surface area contributed by atoms with Gasteiger partial charge in [0.1, 0.15) is 13.1 Å². The molecule has 1 heterocycles. The van der Waals surface area contributed by atoms with Crippen molar-refractivity contribution >= 4 is 17.9 Å². The molecule has 0 aromatic carbocycles. The van der Waals surface area contributed by atoms with Crippen LogP contribution < -0.4 is 11.1 Å². The summed E-state index contributed by atoms with van der Waals surface area (Å²) in [7, 11) is 0. The summed E-state index contributed by atoms with van der Waals surface area (Å²) in [6.07, 6.45) is 5.76. The fourth-order valence-corrected chi connectivity index (χ4v) is 1.54. The number of hydrogen-bond acceptors (Lipinski definition) is 4. The van der Waals surface area contributed by atoms with E-state index in [-0.39, 0.29) is 0 Å². The molecule has 0 spiro atoms. The van der Waals surface area contributed by atoms with Gasteiger partial charge in [-0.2, -0.15) is 0 Å². The Hall–Kier alpha value is -2.58. The lowest BCUT2D eigenvalue weighted by molar-refractivity contribution is -0.137. The van der Waals surface area contributed by atoms with Crippen LogP contribution >= 0.6 is 0 Å². The Morgan fingerprint density at radius 3 is 2.65 bits per heavy atom. The number of carbonyl (C=O) groups is 3. The monoisotopic (exact) mass is 283 g/mol. The minimum atomic E-state index is -1.21. The lowest BCUT2D eigenvalue weighted by Gasteiger charge is -2.19. The molecular weight excluding hydrogens is 266 g/mol. The van der Waals surface area contributed by atoms with E-state index in [0.29, 0.717) is 19.5 Å². The Kier molecular flexibility index (Phi) is 6.01. The molecule has 3 amide bonds. The van der Waals surface area contributed by atoms with E-state index >= 15 is 0 Å². The van der Waals surface area contributed by atoms with Crippen LogP contribution in [0, 0.1) is 0 Å². The van der Waals surface area contributed by atoms with Crippen LogP contribution in [-0.2, 0) is 16.1 Å². The first-order valence-electron chi connectivity index (χ1n) is 5.97. The summed E-state index contributed by atoms with van der Waals surface area (Å²) in [5.74, 6) is -1.97. The zero-order valence-corrected chi connectivity index (χ0v) is 10.9. The molecule has 110 valence electrons. The van der Waals surface area contributed by atoms with Crippen LogP contribution in [0.3, 0.4) is 0 Å². The largest absolute Gasteiger partial charge is 0.480 e. The Labute approximate surface area is 115 Å². The topological polar surface area (TPSA) is 131 Å². The first kappa shape index (κ1) is 15.5. The molecule has 0 unspecified atom stereocenters. The molecule has 0 saturated carbocycles. The maximum absolute atomic E-state index is 11.7. The fraction of sp³-hybridized carbons (Fsp3) is 0.455. The van der Waals surface area contributed by atoms with Crippen molar-refractivity contribution in [3.8, 4) is 0 Å². The Morgan fingerprint density at radius 1 is 1.35 bits per heavy atom. The van der Waals surface area contributed by atoms with Crippen LogP contribution in [0.4, 0.5) is 4.79 Å². The summed E-state index contributed by atoms with van der Waals surface area (Å²) in [6, 6.07) is -0.628. The second-order valence-corrected chi connectivity index (χ2v) is 4.10. The molecule has 4 N–H and O–H groups in total. The number of aliphatic carboxylic acids is 1. The molecule has 0 aliphatic heterocycles. The third-order valence-electron chi connectivity index (χ3n) is 2.39. The van der Waals surface area contributed by atoms with Gasteiger partial charge in [0.25, 0.3) is 0 Å². The van der Waals surface area contributed by atoms with E-state index in [1.807, 2.05) is 4.57 Å². The van der Waals surface area contributed by atoms with Crippen LogP contribution in [-0.4, -0.2) is 57.1 Å². The predicted molar refractivity (Wildman–Crippen MR) is 68.6 cm³/mol. The summed E-state index contributed by atoms with van der Waals surface area (Å²) in [4.78, 5) is 37.8. The molecule has 9 nitrogen and oxygen atoms in total. The van der Waals surface area contributed by atoms with Crippen molar-refractivity contribution in [2.24, 2.45) is 5.73 Å². The number of primary amides is 1. The summed E-state index contributed by atoms with van der Waals surface area (Å²) in [5, 5.41) is 11.2. The molecule has 0 aliphatic rings. The van der Waals surface area contributed by atoms with Gasteiger partial charge < -0.3 is 25.6 Å². The highest BCUT2D eigenvalue weighted by molar-refractivity contribution is 5.85. The Morgan fingerprint density at radius 2 is 2.10 bits per heavy atom. The zero-order chi connectivity index (χ0) is 15.0. The summed E-state index contributed by atoms with van der Waals surface area (Å²) >= 11 is 0. The molecular formula is C11H17N5O4. The third kappa shape index (κ3) is 5.85. The highest BCUT2D eigenvalue weighted by Gasteiger charge is 2.18. The van der Waals surface area contributed by atoms with Crippen molar-refractivity contribution in [2.45, 2.75) is 13.0 Å². The maximum Gasteiger partial charge on any atom is 0.323 e. The second-order valence-electron chi connectivity index (χ2n) is 4.10. The van der Waals surface area contributed by atoms with Crippen molar-refractivity contribution in [1.29, 1.82) is 0 Å². The number of urea groups is 1. The number of aromatic nitrogens is 2. The fourth-order valence-electron chi connectivity index (χ4n) is 1.54. The van der Waals surface area contributed by atoms with Crippen molar-refractivity contribution in [3.05, 3.63) is 18.7 Å². The number of aryl methyl sites for hydroxylation is 1. The Bertz CT molecular complexity index is 443. The summed E-state index contributed by atoms with van der Waals surface area (Å²) < 4.78 is 1.85. The van der Waals surface area contributed by atoms with Gasteiger partial charge in [0, 0.05) is 25.5 Å². The minimum absolute atomic E-state index is 0.353. The van der Waals surface area contributed by atoms with Gasteiger partial charge in [-0.25, -0.2) is 9.78 Å². The molecule has 0 atom stereocenters. The zero-order valence-electron chi connectivity index (χ0n) is 10.9. The number of rotatable bonds is 8. The molecule has 20 heavy (non-hydrogen) atoms. The van der Waals surface area contributed by atoms with E-state index in [1.54, 1.807) is 18.7 Å². The summed E-state index contributed by atoms with van der Waals surface area (Å²) in [6.45, 7) is 0.0247. The van der Waals surface area contributed by atoms with Crippen molar-refractivity contribution in [3.63, 3.8) is 0 Å². The number of carboxylic acids is 1. The van der Waals surface area contributed by atoms with Crippen LogP contribution in [0.2, 0.25) is 0 Å². The van der Waals surface area contributed by atoms with Gasteiger partial charge in [-0.1, -0.05) is 0 Å². The number of carbonyl (C=O) groups excluding carboxylic acids is 2. The van der Waals surface area contributed by atoms with Gasteiger partial charge >= 0.3 is 12.0 Å². The average Bonchev–Trinajstić information content (AvgIpc) is 2.85. The molecule has 0 radical (unpaired) electrons. The highest BCUT2D eigenvalue weighted by Crippen LogP contribution is 1.92. The van der Waals surface area contributed by atoms with E-state index in [2.05, 4.69) is 10.3 Å². The van der Waals surface area contributed by atoms with Crippen LogP contribution in [0.1, 0.15) is 6.42 Å². The molecule has 0 fully saturated rings. The molecule has 0 bridgehead atoms. The molecule has 1 rings (SSSR count). The van der Waals surface area contributed by atoms with Crippen LogP contribution in [0.5, 0.6) is 0 Å². The van der Waals surface area contributed by atoms with E-state index < -0.39 is 31.0 Å². The number of hydrogen-bond donors (Lipinski definition) is 3. The molecule has 9 heteroatoms.